The largest absolute Gasteiger partial charge is 0.334 e. The second-order valence-electron chi connectivity index (χ2n) is 8.87. The van der Waals surface area contributed by atoms with Crippen LogP contribution in [0.4, 0.5) is 5.69 Å². The molecule has 1 heterocycles. The normalized spacial score (nSPS) is 31.2. The van der Waals surface area contributed by atoms with Gasteiger partial charge < -0.3 is 4.52 Å². The lowest BCUT2D eigenvalue weighted by Gasteiger charge is -2.55. The first-order valence-corrected chi connectivity index (χ1v) is 11.5. The summed E-state index contributed by atoms with van der Waals surface area (Å²) in [5.41, 5.74) is -0.109. The van der Waals surface area contributed by atoms with Gasteiger partial charge in [-0.2, -0.15) is 4.98 Å². The SMILES string of the molecule is CS(=O)(=O)c1cc(-c2nc(C34CC5CC(CC(C5)C3)C4)no2)cc([N+](=O)[O-])c1. The van der Waals surface area contributed by atoms with Crippen molar-refractivity contribution in [3.8, 4) is 11.5 Å². The van der Waals surface area contributed by atoms with Gasteiger partial charge in [-0.1, -0.05) is 5.16 Å². The van der Waals surface area contributed by atoms with E-state index in [9.17, 15) is 18.5 Å². The van der Waals surface area contributed by atoms with E-state index in [0.29, 0.717) is 5.82 Å². The highest BCUT2D eigenvalue weighted by atomic mass is 32.2. The second kappa shape index (κ2) is 5.85. The third-order valence-corrected chi connectivity index (χ3v) is 7.81. The van der Waals surface area contributed by atoms with Gasteiger partial charge in [0.1, 0.15) is 0 Å². The van der Waals surface area contributed by atoms with Crippen molar-refractivity contribution in [3.63, 3.8) is 0 Å². The van der Waals surface area contributed by atoms with Crippen LogP contribution in [0.15, 0.2) is 27.6 Å². The number of nitrogens with zero attached hydrogens (tertiary/aromatic N) is 3. The summed E-state index contributed by atoms with van der Waals surface area (Å²) in [5.74, 6) is 2.99. The minimum Gasteiger partial charge on any atom is -0.334 e. The minimum absolute atomic E-state index is 0.0587. The van der Waals surface area contributed by atoms with Crippen LogP contribution in [0.25, 0.3) is 11.5 Å². The molecule has 148 valence electrons. The molecular formula is C19H21N3O5S. The van der Waals surface area contributed by atoms with Gasteiger partial charge in [-0.25, -0.2) is 8.42 Å². The zero-order valence-electron chi connectivity index (χ0n) is 15.5. The number of aromatic nitrogens is 2. The summed E-state index contributed by atoms with van der Waals surface area (Å²) in [6, 6.07) is 3.69. The highest BCUT2D eigenvalue weighted by molar-refractivity contribution is 7.90. The fourth-order valence-corrected chi connectivity index (χ4v) is 6.64. The average Bonchev–Trinajstić information content (AvgIpc) is 3.10. The summed E-state index contributed by atoms with van der Waals surface area (Å²) in [4.78, 5) is 15.1. The smallest absolute Gasteiger partial charge is 0.271 e. The first-order valence-electron chi connectivity index (χ1n) is 9.56. The van der Waals surface area contributed by atoms with Crippen molar-refractivity contribution in [2.75, 3.05) is 6.26 Å². The molecule has 2 aromatic rings. The molecule has 4 fully saturated rings. The Morgan fingerprint density at radius 1 is 1.11 bits per heavy atom. The van der Waals surface area contributed by atoms with Crippen molar-refractivity contribution >= 4 is 15.5 Å². The molecule has 1 aromatic carbocycles. The summed E-state index contributed by atoms with van der Waals surface area (Å²) < 4.78 is 29.3. The standard InChI is InChI=1S/C19H21N3O5S/c1-28(25,26)16-6-14(5-15(7-16)22(23)24)17-20-18(21-27-17)19-8-11-2-12(9-19)4-13(3-11)10-19/h5-7,11-13H,2-4,8-10H2,1H3. The molecule has 4 bridgehead atoms. The zero-order valence-corrected chi connectivity index (χ0v) is 16.3. The Kier molecular flexibility index (Phi) is 3.72. The number of sulfone groups is 1. The van der Waals surface area contributed by atoms with Gasteiger partial charge in [0.25, 0.3) is 11.6 Å². The molecule has 4 saturated carbocycles. The van der Waals surface area contributed by atoms with Crippen molar-refractivity contribution in [1.29, 1.82) is 0 Å². The Hall–Kier alpha value is -2.29. The van der Waals surface area contributed by atoms with Crippen molar-refractivity contribution in [1.82, 2.24) is 10.1 Å². The van der Waals surface area contributed by atoms with Gasteiger partial charge >= 0.3 is 0 Å². The summed E-state index contributed by atoms with van der Waals surface area (Å²) in [7, 11) is -3.61. The lowest BCUT2D eigenvalue weighted by Crippen LogP contribution is -2.49. The second-order valence-corrected chi connectivity index (χ2v) is 10.9. The molecule has 9 heteroatoms. The maximum absolute atomic E-state index is 11.9. The number of hydrogen-bond acceptors (Lipinski definition) is 7. The van der Waals surface area contributed by atoms with Gasteiger partial charge in [0.15, 0.2) is 15.7 Å². The molecule has 28 heavy (non-hydrogen) atoms. The predicted molar refractivity (Wildman–Crippen MR) is 99.3 cm³/mol. The van der Waals surface area contributed by atoms with Crippen molar-refractivity contribution in [3.05, 3.63) is 34.1 Å². The van der Waals surface area contributed by atoms with E-state index < -0.39 is 14.8 Å². The molecule has 4 aliphatic carbocycles. The predicted octanol–water partition coefficient (Wildman–Crippen LogP) is 3.52. The highest BCUT2D eigenvalue weighted by Gasteiger charge is 2.53. The van der Waals surface area contributed by atoms with Gasteiger partial charge in [0.05, 0.1) is 9.82 Å². The van der Waals surface area contributed by atoms with E-state index >= 15 is 0 Å². The third-order valence-electron chi connectivity index (χ3n) is 6.72. The first-order chi connectivity index (χ1) is 13.2. The molecule has 0 radical (unpaired) electrons. The van der Waals surface area contributed by atoms with E-state index in [-0.39, 0.29) is 27.5 Å². The number of nitro groups is 1. The van der Waals surface area contributed by atoms with Gasteiger partial charge in [-0.05, 0) is 62.3 Å². The monoisotopic (exact) mass is 403 g/mol. The van der Waals surface area contributed by atoms with E-state index in [4.69, 9.17) is 4.52 Å². The van der Waals surface area contributed by atoms with Crippen LogP contribution in [-0.2, 0) is 15.3 Å². The highest BCUT2D eigenvalue weighted by Crippen LogP contribution is 2.60. The van der Waals surface area contributed by atoms with Gasteiger partial charge in [-0.15, -0.1) is 0 Å². The summed E-state index contributed by atoms with van der Waals surface area (Å²) in [6.45, 7) is 0. The topological polar surface area (TPSA) is 116 Å². The lowest BCUT2D eigenvalue weighted by atomic mass is 9.49. The van der Waals surface area contributed by atoms with Gasteiger partial charge in [0.2, 0.25) is 0 Å². The fraction of sp³-hybridized carbons (Fsp3) is 0.579. The van der Waals surface area contributed by atoms with E-state index in [1.54, 1.807) is 0 Å². The van der Waals surface area contributed by atoms with Crippen LogP contribution < -0.4 is 0 Å². The molecule has 0 unspecified atom stereocenters. The van der Waals surface area contributed by atoms with E-state index in [2.05, 4.69) is 10.1 Å². The van der Waals surface area contributed by atoms with Gasteiger partial charge in [-0.3, -0.25) is 10.1 Å². The maximum Gasteiger partial charge on any atom is 0.271 e. The van der Waals surface area contributed by atoms with Crippen molar-refractivity contribution in [2.24, 2.45) is 17.8 Å². The Bertz CT molecular complexity index is 1040. The number of nitro benzene ring substituents is 1. The molecule has 6 rings (SSSR count). The molecule has 0 amide bonds. The first kappa shape index (κ1) is 17.8. The van der Waals surface area contributed by atoms with Crippen molar-refractivity contribution in [2.45, 2.75) is 48.8 Å². The molecule has 8 nitrogen and oxygen atoms in total. The molecule has 0 N–H and O–H groups in total. The Morgan fingerprint density at radius 2 is 1.71 bits per heavy atom. The van der Waals surface area contributed by atoms with Crippen LogP contribution in [0.1, 0.15) is 44.3 Å². The van der Waals surface area contributed by atoms with Crippen LogP contribution in [0.5, 0.6) is 0 Å². The zero-order chi connectivity index (χ0) is 19.7. The summed E-state index contributed by atoms with van der Waals surface area (Å²) in [5, 5.41) is 15.5. The molecule has 1 aromatic heterocycles. The third kappa shape index (κ3) is 2.83. The molecule has 0 aliphatic heterocycles. The molecule has 0 atom stereocenters. The number of rotatable bonds is 4. The minimum atomic E-state index is -3.61. The van der Waals surface area contributed by atoms with Crippen molar-refractivity contribution < 1.29 is 17.9 Å². The Labute approximate surface area is 162 Å². The molecular weight excluding hydrogens is 382 g/mol. The number of benzene rings is 1. The van der Waals surface area contributed by atoms with E-state index in [1.807, 2.05) is 0 Å². The van der Waals surface area contributed by atoms with Crippen LogP contribution in [0.3, 0.4) is 0 Å². The van der Waals surface area contributed by atoms with E-state index in [0.717, 1.165) is 49.3 Å². The van der Waals surface area contributed by atoms with E-state index in [1.165, 1.54) is 31.4 Å². The molecule has 0 saturated heterocycles. The van der Waals surface area contributed by atoms with Crippen LogP contribution in [0.2, 0.25) is 0 Å². The quantitative estimate of drug-likeness (QED) is 0.566. The van der Waals surface area contributed by atoms with Crippen LogP contribution in [-0.4, -0.2) is 29.7 Å². The Balaban J connectivity index is 1.55. The summed E-state index contributed by atoms with van der Waals surface area (Å²) >= 11 is 0. The lowest BCUT2D eigenvalue weighted by molar-refractivity contribution is -0.385. The maximum atomic E-state index is 11.9. The molecule has 0 spiro atoms. The fourth-order valence-electron chi connectivity index (χ4n) is 5.97. The summed E-state index contributed by atoms with van der Waals surface area (Å²) in [6.07, 6.45) is 8.13. The van der Waals surface area contributed by atoms with Gasteiger partial charge in [0, 0.05) is 29.4 Å². The Morgan fingerprint density at radius 3 is 2.25 bits per heavy atom. The van der Waals surface area contributed by atoms with Crippen LogP contribution >= 0.6 is 0 Å². The molecule has 4 aliphatic rings. The average molecular weight is 403 g/mol. The number of hydrogen-bond donors (Lipinski definition) is 0. The number of non-ortho nitro benzene ring substituents is 1. The van der Waals surface area contributed by atoms with Crippen LogP contribution in [0, 0.1) is 27.9 Å².